The molecule has 1 N–H and O–H groups in total. The van der Waals surface area contributed by atoms with Gasteiger partial charge in [0.1, 0.15) is 0 Å². The first-order valence-corrected chi connectivity index (χ1v) is 4.88. The average molecular weight is 241 g/mol. The summed E-state index contributed by atoms with van der Waals surface area (Å²) in [6, 6.07) is 4.18. The maximum Gasteiger partial charge on any atom is 0.0440 e. The first-order chi connectivity index (χ1) is 6.19. The van der Waals surface area contributed by atoms with Crippen molar-refractivity contribution in [1.82, 2.24) is 0 Å². The molecule has 1 rings (SSSR count). The molecule has 0 fully saturated rings. The minimum Gasteiger partial charge on any atom is -0.388 e. The van der Waals surface area contributed by atoms with Crippen LogP contribution in [0.25, 0.3) is 0 Å². The van der Waals surface area contributed by atoms with Gasteiger partial charge in [0, 0.05) is 36.0 Å². The fraction of sp³-hybridized carbons (Fsp3) is 0.300. The smallest absolute Gasteiger partial charge is 0.0440 e. The van der Waals surface area contributed by atoms with E-state index >= 15 is 0 Å². The normalized spacial score (nSPS) is 10.8. The Morgan fingerprint density at radius 1 is 1.46 bits per heavy atom. The van der Waals surface area contributed by atoms with E-state index in [1.165, 1.54) is 5.56 Å². The van der Waals surface area contributed by atoms with E-state index in [1.807, 2.05) is 13.3 Å². The van der Waals surface area contributed by atoms with Gasteiger partial charge in [0.25, 0.3) is 0 Å². The molecule has 0 aliphatic carbocycles. The Morgan fingerprint density at radius 3 is 2.69 bits per heavy atom. The molecule has 0 radical (unpaired) electrons. The van der Waals surface area contributed by atoms with E-state index in [0.29, 0.717) is 0 Å². The molecule has 0 saturated carbocycles. The second kappa shape index (κ2) is 4.42. The van der Waals surface area contributed by atoms with E-state index in [-0.39, 0.29) is 0 Å². The molecule has 2 nitrogen and oxygen atoms in total. The van der Waals surface area contributed by atoms with Crippen LogP contribution in [0.5, 0.6) is 0 Å². The summed E-state index contributed by atoms with van der Waals surface area (Å²) in [5, 5.41) is 3.14. The zero-order valence-corrected chi connectivity index (χ0v) is 9.64. The lowest BCUT2D eigenvalue weighted by molar-refractivity contribution is 1.39. The minimum atomic E-state index is 1.07. The molecule has 1 aromatic rings. The Morgan fingerprint density at radius 2 is 2.15 bits per heavy atom. The third-order valence-corrected chi connectivity index (χ3v) is 2.46. The number of halogens is 1. The van der Waals surface area contributed by atoms with Gasteiger partial charge in [0.15, 0.2) is 0 Å². The molecule has 0 saturated heterocycles. The fourth-order valence-corrected chi connectivity index (χ4v) is 1.90. The predicted octanol–water partition coefficient (Wildman–Crippen LogP) is 2.85. The summed E-state index contributed by atoms with van der Waals surface area (Å²) in [5.41, 5.74) is 3.41. The lowest BCUT2D eigenvalue weighted by atomic mass is 10.1. The molecule has 0 amide bonds. The van der Waals surface area contributed by atoms with Crippen LogP contribution >= 0.6 is 15.9 Å². The summed E-state index contributed by atoms with van der Waals surface area (Å²) in [7, 11) is 3.68. The second-order valence-electron chi connectivity index (χ2n) is 2.85. The van der Waals surface area contributed by atoms with Crippen molar-refractivity contribution in [2.75, 3.05) is 19.4 Å². The Labute approximate surface area is 87.2 Å². The molecule has 0 unspecified atom stereocenters. The van der Waals surface area contributed by atoms with Gasteiger partial charge in [-0.3, -0.25) is 4.99 Å². The van der Waals surface area contributed by atoms with Gasteiger partial charge in [-0.25, -0.2) is 0 Å². The molecule has 0 aromatic heterocycles. The van der Waals surface area contributed by atoms with Crippen molar-refractivity contribution < 1.29 is 0 Å². The molecule has 3 heteroatoms. The zero-order valence-electron chi connectivity index (χ0n) is 8.06. The Kier molecular flexibility index (Phi) is 3.48. The highest BCUT2D eigenvalue weighted by atomic mass is 79.9. The highest BCUT2D eigenvalue weighted by Gasteiger charge is 2.03. The molecule has 0 heterocycles. The fourth-order valence-electron chi connectivity index (χ4n) is 1.22. The maximum absolute atomic E-state index is 4.01. The molecule has 0 aliphatic rings. The van der Waals surface area contributed by atoms with Gasteiger partial charge >= 0.3 is 0 Å². The predicted molar refractivity (Wildman–Crippen MR) is 61.9 cm³/mol. The standard InChI is InChI=1S/C10H13BrN2/c1-7-4-9(11)8(6-12-2)10(5-7)13-3/h4-6,13H,1-3H3. The molecule has 0 atom stereocenters. The van der Waals surface area contributed by atoms with Crippen LogP contribution in [0.2, 0.25) is 0 Å². The minimum absolute atomic E-state index is 1.07. The van der Waals surface area contributed by atoms with E-state index in [2.05, 4.69) is 45.3 Å². The SMILES string of the molecule is CN=Cc1c(Br)cc(C)cc1NC. The first kappa shape index (κ1) is 10.3. The van der Waals surface area contributed by atoms with Crippen LogP contribution in [-0.4, -0.2) is 20.3 Å². The summed E-state index contributed by atoms with van der Waals surface area (Å²) in [6.45, 7) is 2.07. The van der Waals surface area contributed by atoms with Crippen molar-refractivity contribution in [3.63, 3.8) is 0 Å². The van der Waals surface area contributed by atoms with Crippen molar-refractivity contribution in [1.29, 1.82) is 0 Å². The summed E-state index contributed by atoms with van der Waals surface area (Å²) in [6.07, 6.45) is 1.84. The van der Waals surface area contributed by atoms with E-state index in [4.69, 9.17) is 0 Å². The van der Waals surface area contributed by atoms with Crippen LogP contribution in [0.4, 0.5) is 5.69 Å². The Hall–Kier alpha value is -0.830. The largest absolute Gasteiger partial charge is 0.388 e. The molecule has 70 valence electrons. The number of aliphatic imine (C=N–C) groups is 1. The van der Waals surface area contributed by atoms with Crippen LogP contribution < -0.4 is 5.32 Å². The number of hydrogen-bond acceptors (Lipinski definition) is 2. The molecule has 0 aliphatic heterocycles. The van der Waals surface area contributed by atoms with Gasteiger partial charge in [0.05, 0.1) is 0 Å². The third-order valence-electron chi connectivity index (χ3n) is 1.80. The number of nitrogens with zero attached hydrogens (tertiary/aromatic N) is 1. The molecular formula is C10H13BrN2. The third kappa shape index (κ3) is 2.31. The lowest BCUT2D eigenvalue weighted by Crippen LogP contribution is -1.96. The second-order valence-corrected chi connectivity index (χ2v) is 3.70. The van der Waals surface area contributed by atoms with Gasteiger partial charge in [-0.15, -0.1) is 0 Å². The maximum atomic E-state index is 4.01. The van der Waals surface area contributed by atoms with Crippen LogP contribution in [0, 0.1) is 6.92 Å². The van der Waals surface area contributed by atoms with Gasteiger partial charge in [-0.1, -0.05) is 15.9 Å². The Bertz CT molecular complexity index is 332. The van der Waals surface area contributed by atoms with Gasteiger partial charge in [-0.05, 0) is 24.6 Å². The first-order valence-electron chi connectivity index (χ1n) is 4.09. The van der Waals surface area contributed by atoms with Crippen LogP contribution in [0.15, 0.2) is 21.6 Å². The zero-order chi connectivity index (χ0) is 9.84. The number of hydrogen-bond donors (Lipinski definition) is 1. The number of anilines is 1. The average Bonchev–Trinajstić information content (AvgIpc) is 2.09. The van der Waals surface area contributed by atoms with Crippen molar-refractivity contribution in [3.8, 4) is 0 Å². The molecule has 1 aromatic carbocycles. The summed E-state index contributed by atoms with van der Waals surface area (Å²) in [4.78, 5) is 4.01. The highest BCUT2D eigenvalue weighted by Crippen LogP contribution is 2.24. The van der Waals surface area contributed by atoms with Crippen LogP contribution in [-0.2, 0) is 0 Å². The quantitative estimate of drug-likeness (QED) is 0.791. The topological polar surface area (TPSA) is 24.4 Å². The summed E-state index contributed by atoms with van der Waals surface area (Å²) in [5.74, 6) is 0. The van der Waals surface area contributed by atoms with Crippen LogP contribution in [0.1, 0.15) is 11.1 Å². The number of rotatable bonds is 2. The monoisotopic (exact) mass is 240 g/mol. The number of nitrogens with one attached hydrogen (secondary N) is 1. The van der Waals surface area contributed by atoms with E-state index in [0.717, 1.165) is 15.7 Å². The Balaban J connectivity index is 3.29. The summed E-state index contributed by atoms with van der Waals surface area (Å²) < 4.78 is 1.07. The number of aryl methyl sites for hydroxylation is 1. The van der Waals surface area contributed by atoms with E-state index in [1.54, 1.807) is 7.05 Å². The molecule has 0 spiro atoms. The molecule has 13 heavy (non-hydrogen) atoms. The highest BCUT2D eigenvalue weighted by molar-refractivity contribution is 9.10. The summed E-state index contributed by atoms with van der Waals surface area (Å²) >= 11 is 3.51. The van der Waals surface area contributed by atoms with E-state index in [9.17, 15) is 0 Å². The van der Waals surface area contributed by atoms with E-state index < -0.39 is 0 Å². The number of benzene rings is 1. The van der Waals surface area contributed by atoms with Crippen LogP contribution in [0.3, 0.4) is 0 Å². The van der Waals surface area contributed by atoms with Gasteiger partial charge < -0.3 is 5.32 Å². The van der Waals surface area contributed by atoms with Crippen molar-refractivity contribution in [2.45, 2.75) is 6.92 Å². The van der Waals surface area contributed by atoms with Gasteiger partial charge in [0.2, 0.25) is 0 Å². The van der Waals surface area contributed by atoms with Crippen molar-refractivity contribution in [2.24, 2.45) is 4.99 Å². The van der Waals surface area contributed by atoms with Gasteiger partial charge in [-0.2, -0.15) is 0 Å². The molecular weight excluding hydrogens is 228 g/mol. The van der Waals surface area contributed by atoms with Crippen molar-refractivity contribution in [3.05, 3.63) is 27.7 Å². The molecule has 0 bridgehead atoms. The van der Waals surface area contributed by atoms with Crippen molar-refractivity contribution >= 4 is 27.8 Å². The lowest BCUT2D eigenvalue weighted by Gasteiger charge is -2.08.